The van der Waals surface area contributed by atoms with Gasteiger partial charge in [0, 0.05) is 43.8 Å². The predicted octanol–water partition coefficient (Wildman–Crippen LogP) is 2.19. The number of ether oxygens (including phenoxy) is 2. The number of methoxy groups -OCH3 is 1. The van der Waals surface area contributed by atoms with Gasteiger partial charge in [0.25, 0.3) is 0 Å². The van der Waals surface area contributed by atoms with Gasteiger partial charge in [-0.25, -0.2) is 0 Å². The number of hydrogen-bond acceptors (Lipinski definition) is 3. The van der Waals surface area contributed by atoms with Crippen LogP contribution in [-0.2, 0) is 17.2 Å². The molecule has 3 rings (SSSR count). The van der Waals surface area contributed by atoms with Crippen LogP contribution in [0.5, 0.6) is 5.75 Å². The Labute approximate surface area is 119 Å². The molecule has 2 aromatic rings. The molecule has 1 aromatic heterocycles. The Hall–Kier alpha value is -1.52. The summed E-state index contributed by atoms with van der Waals surface area (Å²) in [4.78, 5) is 0. The van der Waals surface area contributed by atoms with E-state index in [0.717, 1.165) is 37.3 Å². The summed E-state index contributed by atoms with van der Waals surface area (Å²) in [6.45, 7) is 2.24. The molecule has 1 fully saturated rings. The molecule has 4 heteroatoms. The normalized spacial score (nSPS) is 18.4. The SMILES string of the molecule is COc1cccc2c(C3(CN)CCOCC3)cn(C)c12. The lowest BCUT2D eigenvalue weighted by Crippen LogP contribution is -2.40. The molecule has 20 heavy (non-hydrogen) atoms. The van der Waals surface area contributed by atoms with Gasteiger partial charge in [-0.05, 0) is 24.5 Å². The van der Waals surface area contributed by atoms with Crippen molar-refractivity contribution in [3.8, 4) is 5.75 Å². The molecule has 0 atom stereocenters. The first-order valence-electron chi connectivity index (χ1n) is 7.12. The third kappa shape index (κ3) is 1.91. The Morgan fingerprint density at radius 1 is 1.35 bits per heavy atom. The minimum Gasteiger partial charge on any atom is -0.495 e. The summed E-state index contributed by atoms with van der Waals surface area (Å²) in [7, 11) is 3.78. The second-order valence-electron chi connectivity index (χ2n) is 5.61. The van der Waals surface area contributed by atoms with Crippen molar-refractivity contribution in [1.29, 1.82) is 0 Å². The summed E-state index contributed by atoms with van der Waals surface area (Å²) in [6.07, 6.45) is 4.19. The first-order chi connectivity index (χ1) is 9.72. The van der Waals surface area contributed by atoms with Crippen LogP contribution >= 0.6 is 0 Å². The quantitative estimate of drug-likeness (QED) is 0.933. The Morgan fingerprint density at radius 2 is 2.10 bits per heavy atom. The van der Waals surface area contributed by atoms with Crippen molar-refractivity contribution in [2.75, 3.05) is 26.9 Å². The first-order valence-corrected chi connectivity index (χ1v) is 7.12. The molecule has 0 bridgehead atoms. The summed E-state index contributed by atoms with van der Waals surface area (Å²) < 4.78 is 13.2. The van der Waals surface area contributed by atoms with Gasteiger partial charge in [-0.1, -0.05) is 12.1 Å². The molecule has 2 N–H and O–H groups in total. The summed E-state index contributed by atoms with van der Waals surface area (Å²) >= 11 is 0. The fraction of sp³-hybridized carbons (Fsp3) is 0.500. The zero-order valence-corrected chi connectivity index (χ0v) is 12.2. The van der Waals surface area contributed by atoms with Gasteiger partial charge >= 0.3 is 0 Å². The van der Waals surface area contributed by atoms with E-state index < -0.39 is 0 Å². The van der Waals surface area contributed by atoms with Crippen molar-refractivity contribution in [2.24, 2.45) is 12.8 Å². The third-order valence-corrected chi connectivity index (χ3v) is 4.60. The molecule has 1 aliphatic heterocycles. The molecule has 0 aliphatic carbocycles. The van der Waals surface area contributed by atoms with Crippen LogP contribution in [0.3, 0.4) is 0 Å². The number of benzene rings is 1. The van der Waals surface area contributed by atoms with Crippen LogP contribution in [-0.4, -0.2) is 31.4 Å². The number of rotatable bonds is 3. The largest absolute Gasteiger partial charge is 0.495 e. The van der Waals surface area contributed by atoms with E-state index in [0.29, 0.717) is 6.54 Å². The van der Waals surface area contributed by atoms with E-state index in [-0.39, 0.29) is 5.41 Å². The second-order valence-corrected chi connectivity index (χ2v) is 5.61. The number of aromatic nitrogens is 1. The summed E-state index contributed by atoms with van der Waals surface area (Å²) in [6, 6.07) is 6.22. The topological polar surface area (TPSA) is 49.4 Å². The maximum absolute atomic E-state index is 6.15. The van der Waals surface area contributed by atoms with Gasteiger partial charge in [-0.3, -0.25) is 0 Å². The van der Waals surface area contributed by atoms with Gasteiger partial charge in [0.05, 0.1) is 12.6 Å². The highest BCUT2D eigenvalue weighted by atomic mass is 16.5. The summed E-state index contributed by atoms with van der Waals surface area (Å²) in [5.41, 5.74) is 8.65. The van der Waals surface area contributed by atoms with Gasteiger partial charge in [-0.15, -0.1) is 0 Å². The van der Waals surface area contributed by atoms with E-state index in [1.807, 2.05) is 12.1 Å². The smallest absolute Gasteiger partial charge is 0.143 e. The first kappa shape index (κ1) is 13.5. The molecule has 1 aromatic carbocycles. The highest BCUT2D eigenvalue weighted by Gasteiger charge is 2.35. The lowest BCUT2D eigenvalue weighted by atomic mass is 9.74. The molecule has 0 amide bonds. The van der Waals surface area contributed by atoms with E-state index in [1.54, 1.807) is 7.11 Å². The second kappa shape index (κ2) is 5.11. The average Bonchev–Trinajstić information content (AvgIpc) is 2.86. The number of nitrogens with two attached hydrogens (primary N) is 1. The molecule has 108 valence electrons. The maximum atomic E-state index is 6.15. The van der Waals surface area contributed by atoms with E-state index in [2.05, 4.69) is 23.9 Å². The van der Waals surface area contributed by atoms with Crippen LogP contribution in [0.2, 0.25) is 0 Å². The van der Waals surface area contributed by atoms with E-state index in [4.69, 9.17) is 15.2 Å². The lowest BCUT2D eigenvalue weighted by molar-refractivity contribution is 0.0534. The molecule has 1 aliphatic rings. The minimum absolute atomic E-state index is 0.0319. The van der Waals surface area contributed by atoms with Crippen LogP contribution < -0.4 is 10.5 Å². The van der Waals surface area contributed by atoms with Crippen molar-refractivity contribution in [3.05, 3.63) is 30.0 Å². The molecule has 0 spiro atoms. The Morgan fingerprint density at radius 3 is 2.75 bits per heavy atom. The van der Waals surface area contributed by atoms with Crippen molar-refractivity contribution in [2.45, 2.75) is 18.3 Å². The van der Waals surface area contributed by atoms with Crippen molar-refractivity contribution in [1.82, 2.24) is 4.57 Å². The standard InChI is InChI=1S/C16H22N2O2/c1-18-10-13(16(11-17)6-8-20-9-7-16)12-4-3-5-14(19-2)15(12)18/h3-5,10H,6-9,11,17H2,1-2H3. The number of para-hydroxylation sites is 1. The number of fused-ring (bicyclic) bond motifs is 1. The fourth-order valence-corrected chi connectivity index (χ4v) is 3.36. The molecule has 1 saturated heterocycles. The van der Waals surface area contributed by atoms with E-state index >= 15 is 0 Å². The molecule has 0 unspecified atom stereocenters. The molecule has 0 radical (unpaired) electrons. The number of nitrogens with zero attached hydrogens (tertiary/aromatic N) is 1. The molecular formula is C16H22N2O2. The van der Waals surface area contributed by atoms with Crippen LogP contribution in [0.4, 0.5) is 0 Å². The monoisotopic (exact) mass is 274 g/mol. The van der Waals surface area contributed by atoms with Crippen molar-refractivity contribution >= 4 is 10.9 Å². The Bertz CT molecular complexity index is 612. The van der Waals surface area contributed by atoms with Gasteiger partial charge in [0.1, 0.15) is 5.75 Å². The molecule has 2 heterocycles. The minimum atomic E-state index is 0.0319. The zero-order valence-electron chi connectivity index (χ0n) is 12.2. The van der Waals surface area contributed by atoms with Gasteiger partial charge in [0.15, 0.2) is 0 Å². The zero-order chi connectivity index (χ0) is 14.2. The van der Waals surface area contributed by atoms with Crippen molar-refractivity contribution < 1.29 is 9.47 Å². The predicted molar refractivity (Wildman–Crippen MR) is 80.3 cm³/mol. The molecule has 0 saturated carbocycles. The van der Waals surface area contributed by atoms with Crippen molar-refractivity contribution in [3.63, 3.8) is 0 Å². The summed E-state index contributed by atoms with van der Waals surface area (Å²) in [5.74, 6) is 0.912. The maximum Gasteiger partial charge on any atom is 0.143 e. The average molecular weight is 274 g/mol. The molecular weight excluding hydrogens is 252 g/mol. The number of aryl methyl sites for hydroxylation is 1. The van der Waals surface area contributed by atoms with Gasteiger partial charge < -0.3 is 19.8 Å². The van der Waals surface area contributed by atoms with Crippen LogP contribution in [0.1, 0.15) is 18.4 Å². The fourth-order valence-electron chi connectivity index (χ4n) is 3.36. The lowest BCUT2D eigenvalue weighted by Gasteiger charge is -2.36. The van der Waals surface area contributed by atoms with E-state index in [9.17, 15) is 0 Å². The Kier molecular flexibility index (Phi) is 3.44. The summed E-state index contributed by atoms with van der Waals surface area (Å²) in [5, 5.41) is 1.25. The van der Waals surface area contributed by atoms with Gasteiger partial charge in [0.2, 0.25) is 0 Å². The Balaban J connectivity index is 2.21. The highest BCUT2D eigenvalue weighted by molar-refractivity contribution is 5.90. The van der Waals surface area contributed by atoms with Crippen LogP contribution in [0.15, 0.2) is 24.4 Å². The van der Waals surface area contributed by atoms with Crippen LogP contribution in [0, 0.1) is 0 Å². The van der Waals surface area contributed by atoms with Crippen LogP contribution in [0.25, 0.3) is 10.9 Å². The van der Waals surface area contributed by atoms with Gasteiger partial charge in [-0.2, -0.15) is 0 Å². The molecule has 4 nitrogen and oxygen atoms in total. The van der Waals surface area contributed by atoms with E-state index in [1.165, 1.54) is 10.9 Å². The number of hydrogen-bond donors (Lipinski definition) is 1. The third-order valence-electron chi connectivity index (χ3n) is 4.60. The highest BCUT2D eigenvalue weighted by Crippen LogP contribution is 2.40.